The number of fused-ring (bicyclic) bond motifs is 12. The van der Waals surface area contributed by atoms with Gasteiger partial charge in [0.25, 0.3) is 0 Å². The second kappa shape index (κ2) is 13.2. The highest BCUT2D eigenvalue weighted by Gasteiger charge is 2.45. The molecule has 3 aromatic heterocycles. The average molecular weight is 782 g/mol. The van der Waals surface area contributed by atoms with Crippen LogP contribution in [0.25, 0.3) is 89.7 Å². The lowest BCUT2D eigenvalue weighted by Gasteiger charge is -2.32. The van der Waals surface area contributed by atoms with Gasteiger partial charge in [0.15, 0.2) is 17.5 Å². The zero-order chi connectivity index (χ0) is 40.0. The second-order valence-corrected chi connectivity index (χ2v) is 15.9. The van der Waals surface area contributed by atoms with Gasteiger partial charge in [-0.25, -0.2) is 15.0 Å². The summed E-state index contributed by atoms with van der Waals surface area (Å²) < 4.78 is 9.36. The lowest BCUT2D eigenvalue weighted by Crippen LogP contribution is -2.30. The summed E-state index contributed by atoms with van der Waals surface area (Å²) in [6, 6.07) is 66.1. The van der Waals surface area contributed by atoms with E-state index in [4.69, 9.17) is 19.4 Å². The second-order valence-electron chi connectivity index (χ2n) is 15.9. The van der Waals surface area contributed by atoms with Crippen LogP contribution in [0.4, 0.5) is 11.4 Å². The quantitative estimate of drug-likeness (QED) is 0.174. The molecule has 0 radical (unpaired) electrons. The Labute approximate surface area is 351 Å². The van der Waals surface area contributed by atoms with Gasteiger partial charge in [0.05, 0.1) is 22.8 Å². The summed E-state index contributed by atoms with van der Waals surface area (Å²) in [6.45, 7) is 0. The Bertz CT molecular complexity index is 3500. The van der Waals surface area contributed by atoms with Crippen LogP contribution in [-0.4, -0.2) is 25.6 Å². The van der Waals surface area contributed by atoms with Crippen molar-refractivity contribution in [1.29, 1.82) is 0 Å². The largest absolute Gasteiger partial charge is 0.456 e. The van der Waals surface area contributed by atoms with Crippen LogP contribution in [0.2, 0.25) is 0 Å². The van der Waals surface area contributed by atoms with Crippen molar-refractivity contribution in [2.24, 2.45) is 0 Å². The number of furan rings is 1. The van der Waals surface area contributed by atoms with Crippen LogP contribution in [0, 0.1) is 0 Å². The summed E-state index contributed by atoms with van der Waals surface area (Å²) in [7, 11) is 0. The van der Waals surface area contributed by atoms with Crippen LogP contribution in [-0.2, 0) is 0 Å². The van der Waals surface area contributed by atoms with Crippen molar-refractivity contribution in [2.75, 3.05) is 4.90 Å². The number of benzene rings is 8. The fourth-order valence-corrected chi connectivity index (χ4v) is 9.94. The Kier molecular flexibility index (Phi) is 7.33. The molecule has 0 spiro atoms. The lowest BCUT2D eigenvalue weighted by molar-refractivity contribution is 0.653. The molecular formula is C55H35N5O. The number of rotatable bonds is 5. The van der Waals surface area contributed by atoms with E-state index in [9.17, 15) is 0 Å². The molecule has 0 bridgehead atoms. The average Bonchev–Trinajstić information content (AvgIpc) is 4.00. The summed E-state index contributed by atoms with van der Waals surface area (Å²) in [5.74, 6) is 1.82. The fraction of sp³-hybridized carbons (Fsp3) is 0.0364. The Morgan fingerprint density at radius 2 is 1.10 bits per heavy atom. The van der Waals surface area contributed by atoms with E-state index < -0.39 is 0 Å². The monoisotopic (exact) mass is 781 g/mol. The van der Waals surface area contributed by atoms with E-state index in [1.807, 2.05) is 42.5 Å². The smallest absolute Gasteiger partial charge is 0.166 e. The van der Waals surface area contributed by atoms with Gasteiger partial charge in [-0.2, -0.15) is 0 Å². The van der Waals surface area contributed by atoms with Gasteiger partial charge >= 0.3 is 0 Å². The third-order valence-electron chi connectivity index (χ3n) is 12.6. The predicted molar refractivity (Wildman–Crippen MR) is 247 cm³/mol. The maximum atomic E-state index is 6.99. The van der Waals surface area contributed by atoms with Gasteiger partial charge in [-0.3, -0.25) is 0 Å². The molecule has 0 fully saturated rings. The maximum absolute atomic E-state index is 6.99. The topological polar surface area (TPSA) is 60.0 Å². The van der Waals surface area contributed by atoms with Crippen LogP contribution in [0.1, 0.15) is 22.6 Å². The van der Waals surface area contributed by atoms with Crippen LogP contribution in [0.15, 0.2) is 199 Å². The molecule has 4 heterocycles. The van der Waals surface area contributed by atoms with Crippen molar-refractivity contribution in [1.82, 2.24) is 19.5 Å². The van der Waals surface area contributed by atoms with E-state index in [-0.39, 0.29) is 12.0 Å². The minimum Gasteiger partial charge on any atom is -0.456 e. The molecule has 2 unspecified atom stereocenters. The van der Waals surface area contributed by atoms with Crippen LogP contribution >= 0.6 is 0 Å². The number of aromatic nitrogens is 4. The van der Waals surface area contributed by atoms with Crippen molar-refractivity contribution in [2.45, 2.75) is 12.0 Å². The molecule has 8 aromatic carbocycles. The van der Waals surface area contributed by atoms with E-state index in [0.29, 0.717) is 17.5 Å². The molecule has 2 atom stereocenters. The third-order valence-corrected chi connectivity index (χ3v) is 12.6. The van der Waals surface area contributed by atoms with Gasteiger partial charge in [0.2, 0.25) is 0 Å². The molecule has 6 nitrogen and oxygen atoms in total. The molecule has 0 amide bonds. The van der Waals surface area contributed by atoms with Crippen LogP contribution in [0.5, 0.6) is 0 Å². The number of hydrogen-bond acceptors (Lipinski definition) is 5. The molecule has 0 saturated heterocycles. The Balaban J connectivity index is 1.15. The molecule has 13 rings (SSSR count). The van der Waals surface area contributed by atoms with E-state index in [1.165, 1.54) is 27.4 Å². The first-order valence-electron chi connectivity index (χ1n) is 20.8. The Morgan fingerprint density at radius 1 is 0.475 bits per heavy atom. The van der Waals surface area contributed by atoms with Gasteiger partial charge in [0, 0.05) is 61.1 Å². The van der Waals surface area contributed by atoms with Crippen molar-refractivity contribution in [3.8, 4) is 39.9 Å². The van der Waals surface area contributed by atoms with Gasteiger partial charge in [-0.05, 0) is 59.7 Å². The van der Waals surface area contributed by atoms with E-state index in [1.54, 1.807) is 0 Å². The minimum absolute atomic E-state index is 0.0374. The maximum Gasteiger partial charge on any atom is 0.166 e. The zero-order valence-electron chi connectivity index (χ0n) is 32.9. The van der Waals surface area contributed by atoms with Gasteiger partial charge in [-0.1, -0.05) is 152 Å². The number of nitrogens with zero attached hydrogens (tertiary/aromatic N) is 5. The molecular weight excluding hydrogens is 747 g/mol. The van der Waals surface area contributed by atoms with Gasteiger partial charge in [0.1, 0.15) is 11.2 Å². The summed E-state index contributed by atoms with van der Waals surface area (Å²) in [4.78, 5) is 18.4. The SMILES string of the molecule is C1=CC2C(c3ccccc31)c1c(c(-c3nc(-c4ccccc4)nc(-c4ccccc4)n3)cc3c1oc1ccccc13)N2c1ccc2c(c1)c1ccccc1n2-c1ccccc1. The van der Waals surface area contributed by atoms with E-state index >= 15 is 0 Å². The van der Waals surface area contributed by atoms with Crippen molar-refractivity contribution >= 4 is 61.2 Å². The molecule has 11 aromatic rings. The highest BCUT2D eigenvalue weighted by Crippen LogP contribution is 2.58. The molecule has 2 aliphatic rings. The van der Waals surface area contributed by atoms with Gasteiger partial charge in [-0.15, -0.1) is 0 Å². The van der Waals surface area contributed by atoms with Crippen molar-refractivity contribution < 1.29 is 4.42 Å². The first kappa shape index (κ1) is 33.8. The molecule has 0 N–H and O–H groups in total. The standard InChI is InChI=1S/C55H35N5O/c1-4-17-35(18-5-1)53-56-54(36-19-6-2-7-20-36)58-55(57-53)44-33-43-41-25-13-15-27-48(41)61-52(43)50-49-39-23-11-10-16-34(39)28-30-47(49)60(51(44)50)38-29-31-46-42(32-38)40-24-12-14-26-45(40)59(46)37-21-8-3-9-22-37/h1-33,47,49H. The molecule has 1 aliphatic heterocycles. The molecule has 286 valence electrons. The summed E-state index contributed by atoms with van der Waals surface area (Å²) in [5, 5.41) is 4.49. The first-order valence-corrected chi connectivity index (χ1v) is 20.8. The van der Waals surface area contributed by atoms with Crippen LogP contribution in [0.3, 0.4) is 0 Å². The molecule has 6 heteroatoms. The summed E-state index contributed by atoms with van der Waals surface area (Å²) >= 11 is 0. The number of hydrogen-bond donors (Lipinski definition) is 0. The van der Waals surface area contributed by atoms with Crippen molar-refractivity contribution in [3.63, 3.8) is 0 Å². The highest BCUT2D eigenvalue weighted by atomic mass is 16.3. The van der Waals surface area contributed by atoms with E-state index in [0.717, 1.165) is 66.8 Å². The van der Waals surface area contributed by atoms with E-state index in [2.05, 4.69) is 167 Å². The third kappa shape index (κ3) is 5.12. The highest BCUT2D eigenvalue weighted by molar-refractivity contribution is 6.13. The lowest BCUT2D eigenvalue weighted by atomic mass is 9.80. The normalized spacial score (nSPS) is 15.4. The molecule has 0 saturated carbocycles. The molecule has 1 aliphatic carbocycles. The predicted octanol–water partition coefficient (Wildman–Crippen LogP) is 13.5. The first-order chi connectivity index (χ1) is 30.3. The minimum atomic E-state index is -0.0635. The number of anilines is 2. The Morgan fingerprint density at radius 3 is 1.87 bits per heavy atom. The molecule has 61 heavy (non-hydrogen) atoms. The fourth-order valence-electron chi connectivity index (χ4n) is 9.94. The van der Waals surface area contributed by atoms with Crippen molar-refractivity contribution in [3.05, 3.63) is 211 Å². The number of para-hydroxylation sites is 3. The van der Waals surface area contributed by atoms with Crippen LogP contribution < -0.4 is 4.90 Å². The summed E-state index contributed by atoms with van der Waals surface area (Å²) in [5.41, 5.74) is 13.7. The van der Waals surface area contributed by atoms with Gasteiger partial charge < -0.3 is 13.9 Å². The zero-order valence-corrected chi connectivity index (χ0v) is 32.9. The Hall–Kier alpha value is -8.09. The summed E-state index contributed by atoms with van der Waals surface area (Å²) in [6.07, 6.45) is 4.66.